The van der Waals surface area contributed by atoms with Crippen LogP contribution in [0.5, 0.6) is 0 Å². The van der Waals surface area contributed by atoms with Crippen LogP contribution in [-0.2, 0) is 14.3 Å². The van der Waals surface area contributed by atoms with Gasteiger partial charge in [0.05, 0.1) is 23.1 Å². The van der Waals surface area contributed by atoms with Gasteiger partial charge >= 0.3 is 5.97 Å². The van der Waals surface area contributed by atoms with E-state index < -0.39 is 5.97 Å². The van der Waals surface area contributed by atoms with Crippen molar-refractivity contribution in [3.8, 4) is 0 Å². The second-order valence-corrected chi connectivity index (χ2v) is 9.89. The molecule has 3 fully saturated rings. The number of nitrogens with zero attached hydrogens (tertiary/aromatic N) is 1. The van der Waals surface area contributed by atoms with Crippen molar-refractivity contribution in [2.75, 3.05) is 11.5 Å². The van der Waals surface area contributed by atoms with Crippen molar-refractivity contribution in [2.45, 2.75) is 18.8 Å². The summed E-state index contributed by atoms with van der Waals surface area (Å²) in [5, 5.41) is 0. The summed E-state index contributed by atoms with van der Waals surface area (Å²) >= 11 is 0. The van der Waals surface area contributed by atoms with Crippen molar-refractivity contribution in [3.63, 3.8) is 0 Å². The van der Waals surface area contributed by atoms with Crippen LogP contribution < -0.4 is 4.90 Å². The molecule has 3 aromatic rings. The highest BCUT2D eigenvalue weighted by Crippen LogP contribution is 2.61. The lowest BCUT2D eigenvalue weighted by Crippen LogP contribution is -2.33. The molecule has 0 N–H and O–H groups in total. The largest absolute Gasteiger partial charge is 0.454 e. The number of imide groups is 1. The molecular formula is C30H25NO5. The number of hydrogen-bond donors (Lipinski definition) is 0. The summed E-state index contributed by atoms with van der Waals surface area (Å²) in [7, 11) is 0. The zero-order chi connectivity index (χ0) is 24.8. The van der Waals surface area contributed by atoms with Crippen LogP contribution in [-0.4, -0.2) is 30.2 Å². The van der Waals surface area contributed by atoms with Gasteiger partial charge in [0.2, 0.25) is 11.8 Å². The molecule has 1 heterocycles. The molecule has 2 bridgehead atoms. The van der Waals surface area contributed by atoms with Gasteiger partial charge in [0.1, 0.15) is 0 Å². The quantitative estimate of drug-likeness (QED) is 0.292. The maximum absolute atomic E-state index is 13.6. The second kappa shape index (κ2) is 8.86. The molecule has 5 atom stereocenters. The Balaban J connectivity index is 1.19. The van der Waals surface area contributed by atoms with E-state index in [1.807, 2.05) is 18.2 Å². The van der Waals surface area contributed by atoms with E-state index in [-0.39, 0.29) is 59.4 Å². The number of ketones is 1. The van der Waals surface area contributed by atoms with Gasteiger partial charge < -0.3 is 4.74 Å². The van der Waals surface area contributed by atoms with Crippen molar-refractivity contribution in [3.05, 3.63) is 102 Å². The topological polar surface area (TPSA) is 80.8 Å². The third-order valence-corrected chi connectivity index (χ3v) is 8.01. The third-order valence-electron chi connectivity index (χ3n) is 8.01. The van der Waals surface area contributed by atoms with Gasteiger partial charge in [-0.15, -0.1) is 0 Å². The Bertz CT molecular complexity index is 1350. The Hall–Kier alpha value is -4.06. The number of esters is 1. The highest BCUT2D eigenvalue weighted by Gasteiger charge is 2.64. The summed E-state index contributed by atoms with van der Waals surface area (Å²) in [4.78, 5) is 53.2. The summed E-state index contributed by atoms with van der Waals surface area (Å²) in [6.45, 7) is -0.386. The molecule has 2 amide bonds. The maximum atomic E-state index is 13.6. The number of amides is 2. The van der Waals surface area contributed by atoms with Crippen molar-refractivity contribution >= 4 is 29.3 Å². The van der Waals surface area contributed by atoms with Crippen LogP contribution in [0.25, 0.3) is 0 Å². The first-order valence-corrected chi connectivity index (χ1v) is 12.3. The molecule has 36 heavy (non-hydrogen) atoms. The third kappa shape index (κ3) is 3.65. The SMILES string of the molecule is O=C(COC(=O)c1cccc(N2C(=O)[C@@H]3[C@H]4C[C@H]([C@H]3C2=O)[C@H](c2ccccc2)C4)c1)c1ccccc1. The average molecular weight is 480 g/mol. The molecule has 6 nitrogen and oxygen atoms in total. The number of anilines is 1. The Labute approximate surface area is 208 Å². The lowest BCUT2D eigenvalue weighted by Gasteiger charge is -2.28. The minimum absolute atomic E-state index is 0.154. The van der Waals surface area contributed by atoms with Gasteiger partial charge in [-0.3, -0.25) is 19.3 Å². The first kappa shape index (κ1) is 22.4. The lowest BCUT2D eigenvalue weighted by atomic mass is 9.73. The minimum atomic E-state index is -0.676. The molecule has 3 aromatic carbocycles. The van der Waals surface area contributed by atoms with Gasteiger partial charge in [0.25, 0.3) is 0 Å². The van der Waals surface area contributed by atoms with E-state index in [2.05, 4.69) is 12.1 Å². The molecule has 2 aliphatic carbocycles. The molecule has 2 saturated carbocycles. The van der Waals surface area contributed by atoms with Gasteiger partial charge in [-0.25, -0.2) is 4.79 Å². The number of fused-ring (bicyclic) bond motifs is 5. The highest BCUT2D eigenvalue weighted by atomic mass is 16.5. The molecule has 6 rings (SSSR count). The summed E-state index contributed by atoms with van der Waals surface area (Å²) in [6.07, 6.45) is 1.83. The van der Waals surface area contributed by atoms with Crippen LogP contribution in [0.2, 0.25) is 0 Å². The summed E-state index contributed by atoms with van der Waals surface area (Å²) < 4.78 is 5.22. The number of hydrogen-bond acceptors (Lipinski definition) is 5. The number of carbonyl (C=O) groups is 4. The summed E-state index contributed by atoms with van der Waals surface area (Å²) in [6, 6.07) is 25.2. The number of rotatable bonds is 6. The molecule has 3 aliphatic rings. The van der Waals surface area contributed by atoms with E-state index >= 15 is 0 Å². The van der Waals surface area contributed by atoms with Crippen LogP contribution in [0.4, 0.5) is 5.69 Å². The molecule has 6 heteroatoms. The van der Waals surface area contributed by atoms with E-state index in [9.17, 15) is 19.2 Å². The van der Waals surface area contributed by atoms with E-state index in [1.54, 1.807) is 48.5 Å². The van der Waals surface area contributed by atoms with Gasteiger partial charge in [0, 0.05) is 5.56 Å². The summed E-state index contributed by atoms with van der Waals surface area (Å²) in [5.74, 6) is -1.30. The van der Waals surface area contributed by atoms with Crippen LogP contribution in [0.15, 0.2) is 84.9 Å². The number of benzene rings is 3. The molecule has 1 aliphatic heterocycles. The number of ether oxygens (including phenoxy) is 1. The smallest absolute Gasteiger partial charge is 0.338 e. The molecule has 0 unspecified atom stereocenters. The van der Waals surface area contributed by atoms with Crippen molar-refractivity contribution in [2.24, 2.45) is 23.7 Å². The zero-order valence-electron chi connectivity index (χ0n) is 19.6. The Morgan fingerprint density at radius 2 is 1.44 bits per heavy atom. The maximum Gasteiger partial charge on any atom is 0.338 e. The Kier molecular flexibility index (Phi) is 5.52. The van der Waals surface area contributed by atoms with E-state index in [0.717, 1.165) is 12.8 Å². The predicted octanol–water partition coefficient (Wildman–Crippen LogP) is 4.66. The molecule has 0 radical (unpaired) electrons. The first-order chi connectivity index (χ1) is 17.5. The fourth-order valence-electron chi connectivity index (χ4n) is 6.49. The molecule has 1 saturated heterocycles. The highest BCUT2D eigenvalue weighted by molar-refractivity contribution is 6.23. The van der Waals surface area contributed by atoms with Crippen LogP contribution >= 0.6 is 0 Å². The fraction of sp³-hybridized carbons (Fsp3) is 0.267. The standard InChI is InChI=1S/C30H25NO5/c32-25(19-10-5-2-6-11-19)17-36-30(35)20-12-7-13-22(14-20)31-28(33)26-21-15-23(18-8-3-1-4-9-18)24(16-21)27(26)29(31)34/h1-14,21,23-24,26-27H,15-17H2/t21-,23+,24+,26-,27-/m1/s1. The van der Waals surface area contributed by atoms with Crippen LogP contribution in [0, 0.1) is 23.7 Å². The molecule has 0 aromatic heterocycles. The molecule has 180 valence electrons. The van der Waals surface area contributed by atoms with E-state index in [0.29, 0.717) is 11.3 Å². The van der Waals surface area contributed by atoms with Crippen molar-refractivity contribution in [1.29, 1.82) is 0 Å². The monoisotopic (exact) mass is 479 g/mol. The molecular weight excluding hydrogens is 454 g/mol. The minimum Gasteiger partial charge on any atom is -0.454 e. The Morgan fingerprint density at radius 1 is 0.778 bits per heavy atom. The normalized spacial score (nSPS) is 26.2. The van der Waals surface area contributed by atoms with Crippen LogP contribution in [0.3, 0.4) is 0 Å². The summed E-state index contributed by atoms with van der Waals surface area (Å²) in [5.41, 5.74) is 2.26. The lowest BCUT2D eigenvalue weighted by molar-refractivity contribution is -0.123. The first-order valence-electron chi connectivity index (χ1n) is 12.3. The average Bonchev–Trinajstić information content (AvgIpc) is 3.59. The fourth-order valence-corrected chi connectivity index (χ4v) is 6.49. The number of carbonyl (C=O) groups excluding carboxylic acids is 4. The van der Waals surface area contributed by atoms with Crippen LogP contribution in [0.1, 0.15) is 45.0 Å². The van der Waals surface area contributed by atoms with Gasteiger partial charge in [-0.1, -0.05) is 66.7 Å². The van der Waals surface area contributed by atoms with Gasteiger partial charge in [0.15, 0.2) is 12.4 Å². The van der Waals surface area contributed by atoms with Crippen molar-refractivity contribution < 1.29 is 23.9 Å². The predicted molar refractivity (Wildman–Crippen MR) is 132 cm³/mol. The molecule has 0 spiro atoms. The van der Waals surface area contributed by atoms with Gasteiger partial charge in [-0.2, -0.15) is 0 Å². The Morgan fingerprint density at radius 3 is 2.19 bits per heavy atom. The van der Waals surface area contributed by atoms with Crippen molar-refractivity contribution in [1.82, 2.24) is 0 Å². The number of Topliss-reactive ketones (excluding diaryl/α,β-unsaturated/α-hetero) is 1. The van der Waals surface area contributed by atoms with E-state index in [4.69, 9.17) is 4.74 Å². The van der Waals surface area contributed by atoms with Gasteiger partial charge in [-0.05, 0) is 54.4 Å². The van der Waals surface area contributed by atoms with E-state index in [1.165, 1.54) is 16.5 Å². The zero-order valence-corrected chi connectivity index (χ0v) is 19.6. The second-order valence-electron chi connectivity index (χ2n) is 9.89.